The van der Waals surface area contributed by atoms with Gasteiger partial charge >= 0.3 is 0 Å². The predicted octanol–water partition coefficient (Wildman–Crippen LogP) is 2.92. The van der Waals surface area contributed by atoms with E-state index in [1.54, 1.807) is 30.6 Å². The summed E-state index contributed by atoms with van der Waals surface area (Å²) in [6.45, 7) is 1.57. The van der Waals surface area contributed by atoms with Crippen LogP contribution in [-0.4, -0.2) is 45.2 Å². The average Bonchev–Trinajstić information content (AvgIpc) is 3.19. The van der Waals surface area contributed by atoms with Gasteiger partial charge in [0, 0.05) is 42.1 Å². The molecule has 138 valence electrons. The summed E-state index contributed by atoms with van der Waals surface area (Å²) in [6.07, 6.45) is 5.35. The van der Waals surface area contributed by atoms with Crippen LogP contribution in [-0.2, 0) is 0 Å². The van der Waals surface area contributed by atoms with E-state index in [2.05, 4.69) is 30.4 Å². The lowest BCUT2D eigenvalue weighted by molar-refractivity contribution is 0.0928. The number of nitrogens with zero attached hydrogens (tertiary/aromatic N) is 4. The number of piperidine rings is 1. The van der Waals surface area contributed by atoms with Gasteiger partial charge in [-0.2, -0.15) is 5.10 Å². The van der Waals surface area contributed by atoms with Gasteiger partial charge in [0.2, 0.25) is 5.95 Å². The van der Waals surface area contributed by atoms with Crippen molar-refractivity contribution in [1.82, 2.24) is 25.5 Å². The van der Waals surface area contributed by atoms with Crippen LogP contribution in [0.4, 0.5) is 5.95 Å². The van der Waals surface area contributed by atoms with Gasteiger partial charge in [0.1, 0.15) is 5.69 Å². The first-order valence-corrected chi connectivity index (χ1v) is 9.21. The van der Waals surface area contributed by atoms with Crippen molar-refractivity contribution >= 4 is 23.5 Å². The number of carbonyl (C=O) groups excluding carboxylic acids is 1. The van der Waals surface area contributed by atoms with Gasteiger partial charge in [0.05, 0.1) is 5.69 Å². The monoisotopic (exact) mass is 382 g/mol. The number of anilines is 1. The lowest BCUT2D eigenvalue weighted by Crippen LogP contribution is -2.48. The highest BCUT2D eigenvalue weighted by Gasteiger charge is 2.24. The molecule has 1 aliphatic rings. The van der Waals surface area contributed by atoms with Gasteiger partial charge in [-0.1, -0.05) is 23.7 Å². The van der Waals surface area contributed by atoms with Crippen LogP contribution in [0.3, 0.4) is 0 Å². The SMILES string of the molecule is O=C(NC1CCCN(c2ncccn2)C1)c1cc(-c2cccc(Cl)c2)n[nH]1. The van der Waals surface area contributed by atoms with Crippen LogP contribution < -0.4 is 10.2 Å². The summed E-state index contributed by atoms with van der Waals surface area (Å²) in [5, 5.41) is 10.8. The molecule has 27 heavy (non-hydrogen) atoms. The highest BCUT2D eigenvalue weighted by atomic mass is 35.5. The third-order valence-corrected chi connectivity index (χ3v) is 4.77. The Balaban J connectivity index is 1.42. The smallest absolute Gasteiger partial charge is 0.269 e. The molecule has 0 spiro atoms. The Morgan fingerprint density at radius 3 is 2.89 bits per heavy atom. The van der Waals surface area contributed by atoms with Gasteiger partial charge in [0.15, 0.2) is 0 Å². The van der Waals surface area contributed by atoms with Gasteiger partial charge in [0.25, 0.3) is 5.91 Å². The van der Waals surface area contributed by atoms with E-state index in [9.17, 15) is 4.79 Å². The molecular weight excluding hydrogens is 364 g/mol. The van der Waals surface area contributed by atoms with Crippen molar-refractivity contribution in [3.8, 4) is 11.3 Å². The first kappa shape index (κ1) is 17.5. The predicted molar refractivity (Wildman–Crippen MR) is 104 cm³/mol. The second kappa shape index (κ2) is 7.75. The minimum Gasteiger partial charge on any atom is -0.346 e. The topological polar surface area (TPSA) is 86.8 Å². The second-order valence-corrected chi connectivity index (χ2v) is 6.92. The molecule has 0 aliphatic carbocycles. The van der Waals surface area contributed by atoms with E-state index >= 15 is 0 Å². The summed E-state index contributed by atoms with van der Waals surface area (Å²) in [6, 6.07) is 10.9. The van der Waals surface area contributed by atoms with E-state index in [-0.39, 0.29) is 11.9 Å². The molecule has 0 radical (unpaired) electrons. The van der Waals surface area contributed by atoms with E-state index in [1.807, 2.05) is 18.2 Å². The molecule has 4 rings (SSSR count). The Labute approximate surface area is 161 Å². The first-order chi connectivity index (χ1) is 13.2. The summed E-state index contributed by atoms with van der Waals surface area (Å²) >= 11 is 6.02. The molecule has 3 aromatic rings. The van der Waals surface area contributed by atoms with Crippen LogP contribution in [0, 0.1) is 0 Å². The number of amides is 1. The Bertz CT molecular complexity index is 929. The lowest BCUT2D eigenvalue weighted by Gasteiger charge is -2.32. The van der Waals surface area contributed by atoms with Crippen molar-refractivity contribution in [1.29, 1.82) is 0 Å². The van der Waals surface area contributed by atoms with E-state index < -0.39 is 0 Å². The molecule has 2 N–H and O–H groups in total. The van der Waals surface area contributed by atoms with E-state index in [4.69, 9.17) is 11.6 Å². The molecule has 8 heteroatoms. The number of H-pyrrole nitrogens is 1. The summed E-state index contributed by atoms with van der Waals surface area (Å²) in [5.41, 5.74) is 1.98. The van der Waals surface area contributed by atoms with Crippen LogP contribution >= 0.6 is 11.6 Å². The average molecular weight is 383 g/mol. The van der Waals surface area contributed by atoms with Crippen molar-refractivity contribution < 1.29 is 4.79 Å². The molecule has 1 saturated heterocycles. The number of nitrogens with one attached hydrogen (secondary N) is 2. The summed E-state index contributed by atoms with van der Waals surface area (Å²) in [4.78, 5) is 23.3. The van der Waals surface area contributed by atoms with Crippen LogP contribution in [0.15, 0.2) is 48.8 Å². The zero-order chi connectivity index (χ0) is 18.6. The summed E-state index contributed by atoms with van der Waals surface area (Å²) in [7, 11) is 0. The van der Waals surface area contributed by atoms with Crippen molar-refractivity contribution in [2.45, 2.75) is 18.9 Å². The third-order valence-electron chi connectivity index (χ3n) is 4.53. The number of halogens is 1. The Morgan fingerprint density at radius 1 is 1.22 bits per heavy atom. The zero-order valence-electron chi connectivity index (χ0n) is 14.6. The van der Waals surface area contributed by atoms with Crippen LogP contribution in [0.1, 0.15) is 23.3 Å². The summed E-state index contributed by atoms with van der Waals surface area (Å²) in [5.74, 6) is 0.526. The van der Waals surface area contributed by atoms with Gasteiger partial charge in [-0.05, 0) is 37.1 Å². The van der Waals surface area contributed by atoms with Crippen LogP contribution in [0.5, 0.6) is 0 Å². The van der Waals surface area contributed by atoms with Gasteiger partial charge in [-0.3, -0.25) is 9.89 Å². The van der Waals surface area contributed by atoms with E-state index in [0.29, 0.717) is 28.9 Å². The molecule has 1 aromatic carbocycles. The van der Waals surface area contributed by atoms with Crippen molar-refractivity contribution in [3.05, 3.63) is 59.5 Å². The fourth-order valence-electron chi connectivity index (χ4n) is 3.23. The maximum absolute atomic E-state index is 12.6. The van der Waals surface area contributed by atoms with Crippen LogP contribution in [0.25, 0.3) is 11.3 Å². The molecule has 7 nitrogen and oxygen atoms in total. The third kappa shape index (κ3) is 4.09. The fourth-order valence-corrected chi connectivity index (χ4v) is 3.42. The quantitative estimate of drug-likeness (QED) is 0.724. The minimum atomic E-state index is -0.170. The van der Waals surface area contributed by atoms with Crippen LogP contribution in [0.2, 0.25) is 5.02 Å². The normalized spacial score (nSPS) is 16.9. The molecule has 1 fully saturated rings. The number of benzene rings is 1. The standard InChI is InChI=1S/C19H19ClN6O/c20-14-5-1-4-13(10-14)16-11-17(25-24-16)18(27)23-15-6-2-9-26(12-15)19-21-7-3-8-22-19/h1,3-5,7-8,10-11,15H,2,6,9,12H2,(H,23,27)(H,24,25). The maximum Gasteiger partial charge on any atom is 0.269 e. The maximum atomic E-state index is 12.6. The highest BCUT2D eigenvalue weighted by molar-refractivity contribution is 6.30. The Kier molecular flexibility index (Phi) is 5.02. The molecular formula is C19H19ClN6O. The van der Waals surface area contributed by atoms with E-state index in [1.165, 1.54) is 0 Å². The van der Waals surface area contributed by atoms with Gasteiger partial charge in [-0.15, -0.1) is 0 Å². The zero-order valence-corrected chi connectivity index (χ0v) is 15.4. The van der Waals surface area contributed by atoms with Gasteiger partial charge in [-0.25, -0.2) is 9.97 Å². The van der Waals surface area contributed by atoms with Crippen molar-refractivity contribution in [2.24, 2.45) is 0 Å². The van der Waals surface area contributed by atoms with Gasteiger partial charge < -0.3 is 10.2 Å². The second-order valence-electron chi connectivity index (χ2n) is 6.48. The van der Waals surface area contributed by atoms with Crippen molar-refractivity contribution in [3.63, 3.8) is 0 Å². The molecule has 1 atom stereocenters. The summed E-state index contributed by atoms with van der Waals surface area (Å²) < 4.78 is 0. The molecule has 2 aromatic heterocycles. The number of rotatable bonds is 4. The molecule has 1 aliphatic heterocycles. The highest BCUT2D eigenvalue weighted by Crippen LogP contribution is 2.21. The molecule has 0 bridgehead atoms. The number of hydrogen-bond donors (Lipinski definition) is 2. The van der Waals surface area contributed by atoms with E-state index in [0.717, 1.165) is 24.9 Å². The molecule has 1 amide bonds. The fraction of sp³-hybridized carbons (Fsp3) is 0.263. The molecule has 0 saturated carbocycles. The molecule has 3 heterocycles. The first-order valence-electron chi connectivity index (χ1n) is 8.83. The van der Waals surface area contributed by atoms with Crippen molar-refractivity contribution in [2.75, 3.05) is 18.0 Å². The minimum absolute atomic E-state index is 0.0352. The largest absolute Gasteiger partial charge is 0.346 e. The number of carbonyl (C=O) groups is 1. The number of aromatic amines is 1. The Hall–Kier alpha value is -2.93. The number of hydrogen-bond acceptors (Lipinski definition) is 5. The lowest BCUT2D eigenvalue weighted by atomic mass is 10.1. The number of aromatic nitrogens is 4. The molecule has 1 unspecified atom stereocenters. The Morgan fingerprint density at radius 2 is 2.07 bits per heavy atom.